The maximum atomic E-state index is 12.6. The minimum atomic E-state index is 0.0519. The fourth-order valence-corrected chi connectivity index (χ4v) is 3.32. The Balaban J connectivity index is 1.93. The van der Waals surface area contributed by atoms with Gasteiger partial charge in [0.2, 0.25) is 5.91 Å². The molecule has 0 aliphatic carbocycles. The number of nitrogens with one attached hydrogen (secondary N) is 1. The summed E-state index contributed by atoms with van der Waals surface area (Å²) in [7, 11) is 0. The van der Waals surface area contributed by atoms with Crippen LogP contribution in [0.3, 0.4) is 0 Å². The minimum absolute atomic E-state index is 0.0519. The van der Waals surface area contributed by atoms with Crippen molar-refractivity contribution in [2.75, 3.05) is 19.8 Å². The molecule has 2 fully saturated rings. The van der Waals surface area contributed by atoms with Crippen LogP contribution in [0, 0.1) is 5.92 Å². The van der Waals surface area contributed by atoms with Crippen LogP contribution in [0.25, 0.3) is 0 Å². The lowest BCUT2D eigenvalue weighted by Crippen LogP contribution is -2.42. The molecule has 0 spiro atoms. The molecule has 20 heavy (non-hydrogen) atoms. The molecule has 0 saturated carbocycles. The molecule has 0 aromatic rings. The fourth-order valence-electron chi connectivity index (χ4n) is 3.32. The lowest BCUT2D eigenvalue weighted by atomic mass is 10.0. The van der Waals surface area contributed by atoms with Gasteiger partial charge in [0.15, 0.2) is 0 Å². The van der Waals surface area contributed by atoms with Crippen molar-refractivity contribution in [1.29, 1.82) is 0 Å². The van der Waals surface area contributed by atoms with E-state index in [4.69, 9.17) is 4.74 Å². The van der Waals surface area contributed by atoms with Crippen LogP contribution in [0.5, 0.6) is 0 Å². The van der Waals surface area contributed by atoms with Gasteiger partial charge in [0.1, 0.15) is 0 Å². The predicted octanol–water partition coefficient (Wildman–Crippen LogP) is 2.53. The van der Waals surface area contributed by atoms with E-state index in [0.717, 1.165) is 58.3 Å². The zero-order valence-electron chi connectivity index (χ0n) is 13.1. The van der Waals surface area contributed by atoms with Crippen molar-refractivity contribution < 1.29 is 9.53 Å². The molecule has 0 radical (unpaired) electrons. The number of hydrogen-bond acceptors (Lipinski definition) is 3. The molecule has 2 aliphatic rings. The Morgan fingerprint density at radius 1 is 1.30 bits per heavy atom. The van der Waals surface area contributed by atoms with Crippen LogP contribution >= 0.6 is 0 Å². The van der Waals surface area contributed by atoms with Gasteiger partial charge in [-0.2, -0.15) is 0 Å². The number of carbonyl (C=O) groups excluding carboxylic acids is 1. The highest BCUT2D eigenvalue weighted by Crippen LogP contribution is 2.23. The Kier molecular flexibility index (Phi) is 6.30. The first kappa shape index (κ1) is 15.8. The number of ether oxygens (including phenoxy) is 1. The van der Waals surface area contributed by atoms with E-state index in [-0.39, 0.29) is 12.2 Å². The molecule has 3 unspecified atom stereocenters. The quantitative estimate of drug-likeness (QED) is 0.780. The zero-order valence-corrected chi connectivity index (χ0v) is 13.1. The summed E-state index contributed by atoms with van der Waals surface area (Å²) in [6, 6.07) is 0.0519. The van der Waals surface area contributed by atoms with E-state index in [1.165, 1.54) is 6.42 Å². The Morgan fingerprint density at radius 3 is 2.80 bits per heavy atom. The second-order valence-corrected chi connectivity index (χ2v) is 6.24. The third-order valence-electron chi connectivity index (χ3n) is 4.47. The SMILES string of the molecule is CCCCC1NC(CCC)N(CC2CCCOC2)C1=O. The van der Waals surface area contributed by atoms with Gasteiger partial charge in [-0.1, -0.05) is 33.1 Å². The number of hydrogen-bond donors (Lipinski definition) is 1. The summed E-state index contributed by atoms with van der Waals surface area (Å²) in [5, 5.41) is 3.55. The van der Waals surface area contributed by atoms with Gasteiger partial charge in [-0.15, -0.1) is 0 Å². The smallest absolute Gasteiger partial charge is 0.241 e. The van der Waals surface area contributed by atoms with Gasteiger partial charge in [-0.3, -0.25) is 10.1 Å². The van der Waals surface area contributed by atoms with Gasteiger partial charge >= 0.3 is 0 Å². The third kappa shape index (κ3) is 3.95. The van der Waals surface area contributed by atoms with Gasteiger partial charge in [0, 0.05) is 19.1 Å². The molecule has 1 N–H and O–H groups in total. The first-order valence-electron chi connectivity index (χ1n) is 8.40. The summed E-state index contributed by atoms with van der Waals surface area (Å²) < 4.78 is 5.56. The van der Waals surface area contributed by atoms with E-state index in [1.807, 2.05) is 0 Å². The molecule has 0 aromatic heterocycles. The van der Waals surface area contributed by atoms with Crippen molar-refractivity contribution in [3.63, 3.8) is 0 Å². The molecule has 2 saturated heterocycles. The van der Waals surface area contributed by atoms with Gasteiger partial charge < -0.3 is 9.64 Å². The maximum absolute atomic E-state index is 12.6. The average molecular weight is 282 g/mol. The first-order chi connectivity index (χ1) is 9.76. The number of unbranched alkanes of at least 4 members (excludes halogenated alkanes) is 1. The van der Waals surface area contributed by atoms with Gasteiger partial charge in [0.05, 0.1) is 18.8 Å². The van der Waals surface area contributed by atoms with Crippen LogP contribution in [0.15, 0.2) is 0 Å². The Bertz CT molecular complexity index is 303. The summed E-state index contributed by atoms with van der Waals surface area (Å²) in [6.45, 7) is 6.95. The van der Waals surface area contributed by atoms with Crippen molar-refractivity contribution in [3.8, 4) is 0 Å². The van der Waals surface area contributed by atoms with Gasteiger partial charge in [0.25, 0.3) is 0 Å². The van der Waals surface area contributed by atoms with Crippen molar-refractivity contribution in [2.45, 2.75) is 71.0 Å². The largest absolute Gasteiger partial charge is 0.381 e. The van der Waals surface area contributed by atoms with Gasteiger partial charge in [-0.25, -0.2) is 0 Å². The van der Waals surface area contributed by atoms with E-state index in [1.54, 1.807) is 0 Å². The molecule has 3 atom stereocenters. The van der Waals surface area contributed by atoms with Crippen LogP contribution in [0.2, 0.25) is 0 Å². The molecule has 4 nitrogen and oxygen atoms in total. The van der Waals surface area contributed by atoms with Crippen molar-refractivity contribution >= 4 is 5.91 Å². The maximum Gasteiger partial charge on any atom is 0.241 e. The molecular weight excluding hydrogens is 252 g/mol. The van der Waals surface area contributed by atoms with Crippen molar-refractivity contribution in [3.05, 3.63) is 0 Å². The van der Waals surface area contributed by atoms with E-state index in [2.05, 4.69) is 24.1 Å². The fraction of sp³-hybridized carbons (Fsp3) is 0.938. The molecule has 116 valence electrons. The lowest BCUT2D eigenvalue weighted by molar-refractivity contribution is -0.131. The van der Waals surface area contributed by atoms with Crippen LogP contribution in [-0.2, 0) is 9.53 Å². The topological polar surface area (TPSA) is 41.6 Å². The average Bonchev–Trinajstić information content (AvgIpc) is 2.75. The van der Waals surface area contributed by atoms with E-state index in [9.17, 15) is 4.79 Å². The molecule has 0 aromatic carbocycles. The van der Waals surface area contributed by atoms with Crippen molar-refractivity contribution in [2.24, 2.45) is 5.92 Å². The Morgan fingerprint density at radius 2 is 2.15 bits per heavy atom. The molecule has 4 heteroatoms. The Hall–Kier alpha value is -0.610. The molecular formula is C16H30N2O2. The normalized spacial score (nSPS) is 31.0. The Labute approximate surface area is 123 Å². The second kappa shape index (κ2) is 7.99. The monoisotopic (exact) mass is 282 g/mol. The number of rotatable bonds is 7. The minimum Gasteiger partial charge on any atom is -0.381 e. The highest BCUT2D eigenvalue weighted by molar-refractivity contribution is 5.84. The highest BCUT2D eigenvalue weighted by Gasteiger charge is 2.38. The van der Waals surface area contributed by atoms with Gasteiger partial charge in [-0.05, 0) is 25.7 Å². The summed E-state index contributed by atoms with van der Waals surface area (Å²) in [5.74, 6) is 0.848. The molecule has 2 heterocycles. The molecule has 2 rings (SSSR count). The van der Waals surface area contributed by atoms with E-state index in [0.29, 0.717) is 11.8 Å². The summed E-state index contributed by atoms with van der Waals surface area (Å²) in [4.78, 5) is 14.7. The first-order valence-corrected chi connectivity index (χ1v) is 8.40. The highest BCUT2D eigenvalue weighted by atomic mass is 16.5. The summed E-state index contributed by atoms with van der Waals surface area (Å²) >= 11 is 0. The van der Waals surface area contributed by atoms with E-state index < -0.39 is 0 Å². The summed E-state index contributed by atoms with van der Waals surface area (Å²) in [6.07, 6.45) is 8.01. The van der Waals surface area contributed by atoms with Crippen molar-refractivity contribution in [1.82, 2.24) is 10.2 Å². The zero-order chi connectivity index (χ0) is 14.4. The second-order valence-electron chi connectivity index (χ2n) is 6.24. The third-order valence-corrected chi connectivity index (χ3v) is 4.47. The summed E-state index contributed by atoms with van der Waals surface area (Å²) in [5.41, 5.74) is 0. The lowest BCUT2D eigenvalue weighted by Gasteiger charge is -2.30. The number of nitrogens with zero attached hydrogens (tertiary/aromatic N) is 1. The van der Waals surface area contributed by atoms with E-state index >= 15 is 0 Å². The standard InChI is InChI=1S/C16H30N2O2/c1-3-5-9-14-16(19)18(15(17-14)7-4-2)11-13-8-6-10-20-12-13/h13-15,17H,3-12H2,1-2H3. The van der Waals surface area contributed by atoms with Crippen LogP contribution in [0.1, 0.15) is 58.8 Å². The molecule has 1 amide bonds. The van der Waals surface area contributed by atoms with Crippen LogP contribution in [-0.4, -0.2) is 42.8 Å². The number of amides is 1. The molecule has 2 aliphatic heterocycles. The van der Waals surface area contributed by atoms with Crippen LogP contribution in [0.4, 0.5) is 0 Å². The predicted molar refractivity (Wildman–Crippen MR) is 80.4 cm³/mol. The van der Waals surface area contributed by atoms with Crippen LogP contribution < -0.4 is 5.32 Å². The number of carbonyl (C=O) groups is 1. The molecule has 0 bridgehead atoms.